The molecule has 0 bridgehead atoms. The van der Waals surface area contributed by atoms with Gasteiger partial charge in [-0.05, 0) is 29.8 Å². The maximum atomic E-state index is 13.1. The molecule has 1 aliphatic heterocycles. The highest BCUT2D eigenvalue weighted by Gasteiger charge is 2.16. The highest BCUT2D eigenvalue weighted by molar-refractivity contribution is 9.10. The number of fused-ring (bicyclic) bond motifs is 1. The Labute approximate surface area is 122 Å². The van der Waals surface area contributed by atoms with Gasteiger partial charge in [0.1, 0.15) is 11.6 Å². The Morgan fingerprint density at radius 3 is 2.35 bits per heavy atom. The summed E-state index contributed by atoms with van der Waals surface area (Å²) in [7, 11) is 0. The van der Waals surface area contributed by atoms with E-state index in [-0.39, 0.29) is 6.79 Å². The predicted molar refractivity (Wildman–Crippen MR) is 73.9 cm³/mol. The van der Waals surface area contributed by atoms with Crippen LogP contribution in [0.25, 0.3) is 0 Å². The minimum atomic E-state index is -0.614. The number of benzene rings is 2. The molecule has 2 aromatic carbocycles. The zero-order valence-electron chi connectivity index (χ0n) is 10.3. The molecule has 0 fully saturated rings. The molecule has 0 aliphatic carbocycles. The topological polar surface area (TPSA) is 30.5 Å². The minimum absolute atomic E-state index is 0.202. The maximum absolute atomic E-state index is 13.1. The molecule has 0 aromatic heterocycles. The molecule has 0 radical (unpaired) electrons. The van der Waals surface area contributed by atoms with Gasteiger partial charge in [0.15, 0.2) is 11.5 Å². The lowest BCUT2D eigenvalue weighted by atomic mass is 10.2. The number of nitrogens with one attached hydrogen (secondary N) is 1. The lowest BCUT2D eigenvalue weighted by Gasteiger charge is -2.09. The second-order valence-electron chi connectivity index (χ2n) is 4.31. The first-order valence-corrected chi connectivity index (χ1v) is 6.69. The monoisotopic (exact) mass is 341 g/mol. The second-order valence-corrected chi connectivity index (χ2v) is 5.16. The highest BCUT2D eigenvalue weighted by Crippen LogP contribution is 2.37. The van der Waals surface area contributed by atoms with Gasteiger partial charge in [-0.1, -0.05) is 15.9 Å². The van der Waals surface area contributed by atoms with E-state index >= 15 is 0 Å². The molecule has 3 rings (SSSR count). The van der Waals surface area contributed by atoms with Crippen LogP contribution < -0.4 is 14.8 Å². The van der Waals surface area contributed by atoms with Crippen LogP contribution in [0, 0.1) is 11.6 Å². The zero-order valence-corrected chi connectivity index (χ0v) is 11.8. The quantitative estimate of drug-likeness (QED) is 0.912. The van der Waals surface area contributed by atoms with Gasteiger partial charge in [0.05, 0.1) is 0 Å². The number of ether oxygens (including phenoxy) is 2. The number of anilines is 1. The van der Waals surface area contributed by atoms with Gasteiger partial charge in [0, 0.05) is 22.8 Å². The normalized spacial score (nSPS) is 12.6. The zero-order chi connectivity index (χ0) is 14.1. The van der Waals surface area contributed by atoms with E-state index in [1.165, 1.54) is 12.1 Å². The molecular formula is C14H10BrF2NO2. The lowest BCUT2D eigenvalue weighted by Crippen LogP contribution is -2.01. The van der Waals surface area contributed by atoms with Gasteiger partial charge in [0.25, 0.3) is 0 Å². The summed E-state index contributed by atoms with van der Waals surface area (Å²) in [5, 5.41) is 2.97. The van der Waals surface area contributed by atoms with Crippen LogP contribution in [0.4, 0.5) is 14.5 Å². The van der Waals surface area contributed by atoms with Crippen molar-refractivity contribution in [2.45, 2.75) is 6.54 Å². The van der Waals surface area contributed by atoms with E-state index in [0.717, 1.165) is 16.1 Å². The Kier molecular flexibility index (Phi) is 3.48. The summed E-state index contributed by atoms with van der Waals surface area (Å²) in [4.78, 5) is 0. The van der Waals surface area contributed by atoms with Gasteiger partial charge in [0.2, 0.25) is 6.79 Å². The van der Waals surface area contributed by atoms with Crippen LogP contribution >= 0.6 is 15.9 Å². The van der Waals surface area contributed by atoms with Gasteiger partial charge in [-0.25, -0.2) is 8.78 Å². The fourth-order valence-corrected chi connectivity index (χ4v) is 2.41. The van der Waals surface area contributed by atoms with Gasteiger partial charge in [-0.15, -0.1) is 0 Å². The second kappa shape index (κ2) is 5.28. The van der Waals surface area contributed by atoms with E-state index in [4.69, 9.17) is 9.47 Å². The molecule has 20 heavy (non-hydrogen) atoms. The molecule has 1 heterocycles. The summed E-state index contributed by atoms with van der Waals surface area (Å²) in [5.41, 5.74) is 1.28. The van der Waals surface area contributed by atoms with E-state index < -0.39 is 11.6 Å². The van der Waals surface area contributed by atoms with Crippen LogP contribution in [0.5, 0.6) is 11.5 Å². The third-order valence-electron chi connectivity index (χ3n) is 2.89. The maximum Gasteiger partial charge on any atom is 0.231 e. The molecular weight excluding hydrogens is 332 g/mol. The first kappa shape index (κ1) is 13.2. The summed E-state index contributed by atoms with van der Waals surface area (Å²) in [6.45, 7) is 0.605. The van der Waals surface area contributed by atoms with Crippen molar-refractivity contribution in [2.24, 2.45) is 0 Å². The van der Waals surface area contributed by atoms with Crippen LogP contribution in [0.2, 0.25) is 0 Å². The Morgan fingerprint density at radius 2 is 1.65 bits per heavy atom. The lowest BCUT2D eigenvalue weighted by molar-refractivity contribution is 0.174. The summed E-state index contributed by atoms with van der Waals surface area (Å²) in [6, 6.07) is 6.95. The Balaban J connectivity index is 1.78. The molecule has 6 heteroatoms. The molecule has 3 nitrogen and oxygen atoms in total. The van der Waals surface area contributed by atoms with Crippen molar-refractivity contribution in [2.75, 3.05) is 12.1 Å². The Morgan fingerprint density at radius 1 is 1.00 bits per heavy atom. The van der Waals surface area contributed by atoms with Gasteiger partial charge in [-0.2, -0.15) is 0 Å². The van der Waals surface area contributed by atoms with Crippen molar-refractivity contribution < 1.29 is 18.3 Å². The number of hydrogen-bond donors (Lipinski definition) is 1. The third-order valence-corrected chi connectivity index (χ3v) is 3.63. The first-order chi connectivity index (χ1) is 9.61. The van der Waals surface area contributed by atoms with Crippen molar-refractivity contribution in [1.29, 1.82) is 0 Å². The van der Waals surface area contributed by atoms with Crippen LogP contribution in [0.15, 0.2) is 34.8 Å². The van der Waals surface area contributed by atoms with Crippen molar-refractivity contribution in [3.63, 3.8) is 0 Å². The average Bonchev–Trinajstić information content (AvgIpc) is 2.81. The number of rotatable bonds is 3. The molecule has 0 atom stereocenters. The summed E-state index contributed by atoms with van der Waals surface area (Å²) in [5.74, 6) is 0.113. The Hall–Kier alpha value is -1.82. The molecule has 0 saturated heterocycles. The molecule has 0 spiro atoms. The van der Waals surface area contributed by atoms with E-state index in [1.807, 2.05) is 12.1 Å². The molecule has 0 amide bonds. The van der Waals surface area contributed by atoms with Crippen LogP contribution in [0.3, 0.4) is 0 Å². The van der Waals surface area contributed by atoms with Gasteiger partial charge < -0.3 is 14.8 Å². The van der Waals surface area contributed by atoms with Crippen molar-refractivity contribution in [3.05, 3.63) is 52.0 Å². The minimum Gasteiger partial charge on any atom is -0.454 e. The number of halogens is 3. The Bertz CT molecular complexity index is 644. The largest absolute Gasteiger partial charge is 0.454 e. The van der Waals surface area contributed by atoms with Gasteiger partial charge in [-0.3, -0.25) is 0 Å². The fraction of sp³-hybridized carbons (Fsp3) is 0.143. The van der Waals surface area contributed by atoms with E-state index in [2.05, 4.69) is 21.2 Å². The molecule has 0 unspecified atom stereocenters. The molecule has 104 valence electrons. The smallest absolute Gasteiger partial charge is 0.231 e. The average molecular weight is 342 g/mol. The third kappa shape index (κ3) is 2.70. The molecule has 1 aliphatic rings. The van der Waals surface area contributed by atoms with Crippen molar-refractivity contribution in [1.82, 2.24) is 0 Å². The molecule has 2 aromatic rings. The molecule has 1 N–H and O–H groups in total. The van der Waals surface area contributed by atoms with E-state index in [1.54, 1.807) is 0 Å². The number of hydrogen-bond acceptors (Lipinski definition) is 3. The standard InChI is InChI=1S/C14H10BrF2NO2/c15-12-5-14-13(19-7-20-14)1-8(12)6-18-11-3-9(16)2-10(17)4-11/h1-5,18H,6-7H2. The summed E-state index contributed by atoms with van der Waals surface area (Å²) >= 11 is 3.43. The van der Waals surface area contributed by atoms with Crippen molar-refractivity contribution >= 4 is 21.6 Å². The van der Waals surface area contributed by atoms with E-state index in [0.29, 0.717) is 23.7 Å². The van der Waals surface area contributed by atoms with Gasteiger partial charge >= 0.3 is 0 Å². The summed E-state index contributed by atoms with van der Waals surface area (Å²) < 4.78 is 37.6. The van der Waals surface area contributed by atoms with Crippen LogP contribution in [0.1, 0.15) is 5.56 Å². The van der Waals surface area contributed by atoms with Crippen LogP contribution in [-0.4, -0.2) is 6.79 Å². The predicted octanol–water partition coefficient (Wildman–Crippen LogP) is 4.07. The molecule has 0 saturated carbocycles. The van der Waals surface area contributed by atoms with E-state index in [9.17, 15) is 8.78 Å². The van der Waals surface area contributed by atoms with Crippen LogP contribution in [-0.2, 0) is 6.54 Å². The summed E-state index contributed by atoms with van der Waals surface area (Å²) in [6.07, 6.45) is 0. The highest BCUT2D eigenvalue weighted by atomic mass is 79.9. The first-order valence-electron chi connectivity index (χ1n) is 5.90. The SMILES string of the molecule is Fc1cc(F)cc(NCc2cc3c(cc2Br)OCO3)c1. The fourth-order valence-electron chi connectivity index (χ4n) is 1.95. The van der Waals surface area contributed by atoms with Crippen molar-refractivity contribution in [3.8, 4) is 11.5 Å².